The Morgan fingerprint density at radius 1 is 0.418 bits per heavy atom. The van der Waals surface area contributed by atoms with Gasteiger partial charge in [0.05, 0.1) is 16.7 Å². The maximum absolute atomic E-state index is 5.06. The van der Waals surface area contributed by atoms with E-state index < -0.39 is 0 Å². The third kappa shape index (κ3) is 4.85. The van der Waals surface area contributed by atoms with E-state index in [4.69, 9.17) is 4.98 Å². The Hall–Kier alpha value is -7.03. The molecule has 11 rings (SSSR count). The molecule has 55 heavy (non-hydrogen) atoms. The quantitative estimate of drug-likeness (QED) is 0.129. The van der Waals surface area contributed by atoms with Crippen molar-refractivity contribution >= 4 is 64.9 Å². The monoisotopic (exact) mass is 700 g/mol. The lowest BCUT2D eigenvalue weighted by Crippen LogP contribution is -2.01. The van der Waals surface area contributed by atoms with Gasteiger partial charge in [0.1, 0.15) is 5.82 Å². The molecule has 2 heteroatoms. The van der Waals surface area contributed by atoms with Crippen LogP contribution in [0.4, 0.5) is 0 Å². The van der Waals surface area contributed by atoms with Gasteiger partial charge in [0, 0.05) is 11.8 Å². The molecule has 1 heterocycles. The van der Waals surface area contributed by atoms with Crippen LogP contribution in [0.15, 0.2) is 188 Å². The fraction of sp³-hybridized carbons (Fsp3) is 0.0377. The van der Waals surface area contributed by atoms with Gasteiger partial charge in [-0.3, -0.25) is 4.57 Å². The van der Waals surface area contributed by atoms with Gasteiger partial charge in [0.25, 0.3) is 0 Å². The lowest BCUT2D eigenvalue weighted by atomic mass is 9.82. The third-order valence-corrected chi connectivity index (χ3v) is 11.5. The number of aromatic nitrogens is 2. The minimum Gasteiger partial charge on any atom is -0.296 e. The summed E-state index contributed by atoms with van der Waals surface area (Å²) in [6.45, 7) is 2.19. The van der Waals surface area contributed by atoms with Crippen molar-refractivity contribution < 1.29 is 0 Å². The molecule has 0 N–H and O–H groups in total. The molecule has 0 saturated carbocycles. The van der Waals surface area contributed by atoms with E-state index in [1.165, 1.54) is 87.2 Å². The predicted molar refractivity (Wildman–Crippen MR) is 234 cm³/mol. The normalized spacial score (nSPS) is 11.8. The zero-order chi connectivity index (χ0) is 36.5. The van der Waals surface area contributed by atoms with Crippen molar-refractivity contribution in [1.29, 1.82) is 0 Å². The highest BCUT2D eigenvalue weighted by Crippen LogP contribution is 2.49. The van der Waals surface area contributed by atoms with E-state index in [9.17, 15) is 0 Å². The lowest BCUT2D eigenvalue weighted by molar-refractivity contribution is 0.913. The molecule has 10 aromatic carbocycles. The molecule has 2 nitrogen and oxygen atoms in total. The number of hydrogen-bond acceptors (Lipinski definition) is 1. The molecular weight excluding hydrogens is 665 g/mol. The molecular formula is C53H36N2. The molecule has 0 spiro atoms. The summed E-state index contributed by atoms with van der Waals surface area (Å²) in [7, 11) is 0. The van der Waals surface area contributed by atoms with Crippen LogP contribution in [-0.2, 0) is 6.42 Å². The number of para-hydroxylation sites is 2. The molecule has 0 amide bonds. The molecule has 0 saturated heterocycles. The number of hydrogen-bond donors (Lipinski definition) is 0. The van der Waals surface area contributed by atoms with Crippen LogP contribution >= 0.6 is 0 Å². The number of benzene rings is 10. The van der Waals surface area contributed by atoms with Crippen molar-refractivity contribution in [3.63, 3.8) is 0 Å². The molecule has 0 aliphatic rings. The molecule has 11 aromatic rings. The van der Waals surface area contributed by atoms with Crippen LogP contribution in [0.3, 0.4) is 0 Å². The molecule has 0 aliphatic carbocycles. The maximum atomic E-state index is 5.06. The van der Waals surface area contributed by atoms with E-state index in [1.54, 1.807) is 0 Å². The summed E-state index contributed by atoms with van der Waals surface area (Å²) < 4.78 is 2.36. The van der Waals surface area contributed by atoms with Crippen LogP contribution in [0.2, 0.25) is 0 Å². The van der Waals surface area contributed by atoms with E-state index in [-0.39, 0.29) is 0 Å². The zero-order valence-electron chi connectivity index (χ0n) is 30.5. The first-order valence-electron chi connectivity index (χ1n) is 19.2. The van der Waals surface area contributed by atoms with E-state index in [0.717, 1.165) is 29.0 Å². The number of aryl methyl sites for hydroxylation is 1. The maximum Gasteiger partial charge on any atom is 0.114 e. The number of nitrogens with zero attached hydrogens (tertiary/aromatic N) is 2. The molecule has 0 atom stereocenters. The van der Waals surface area contributed by atoms with E-state index in [2.05, 4.69) is 200 Å². The Kier molecular flexibility index (Phi) is 7.18. The third-order valence-electron chi connectivity index (χ3n) is 11.5. The number of fused-ring (bicyclic) bond motifs is 7. The molecule has 1 aromatic heterocycles. The van der Waals surface area contributed by atoms with Crippen molar-refractivity contribution in [2.45, 2.75) is 13.3 Å². The average Bonchev–Trinajstić information content (AvgIpc) is 3.64. The summed E-state index contributed by atoms with van der Waals surface area (Å²) in [5, 5.41) is 12.5. The Balaban J connectivity index is 1.28. The highest BCUT2D eigenvalue weighted by molar-refractivity contribution is 6.27. The van der Waals surface area contributed by atoms with Crippen molar-refractivity contribution in [2.75, 3.05) is 0 Å². The van der Waals surface area contributed by atoms with Crippen molar-refractivity contribution in [3.8, 4) is 39.1 Å². The summed E-state index contributed by atoms with van der Waals surface area (Å²) in [5.74, 6) is 1.06. The topological polar surface area (TPSA) is 17.8 Å². The van der Waals surface area contributed by atoms with Gasteiger partial charge in [0.15, 0.2) is 0 Å². The van der Waals surface area contributed by atoms with Gasteiger partial charge in [-0.25, -0.2) is 4.98 Å². The first-order valence-corrected chi connectivity index (χ1v) is 19.2. The second-order valence-corrected chi connectivity index (χ2v) is 14.5. The van der Waals surface area contributed by atoms with Gasteiger partial charge in [-0.1, -0.05) is 171 Å². The fourth-order valence-corrected chi connectivity index (χ4v) is 9.11. The van der Waals surface area contributed by atoms with Crippen LogP contribution < -0.4 is 0 Å². The van der Waals surface area contributed by atoms with Crippen molar-refractivity contribution in [1.82, 2.24) is 9.55 Å². The molecule has 0 bridgehead atoms. The summed E-state index contributed by atoms with van der Waals surface area (Å²) in [6, 6.07) is 69.1. The Morgan fingerprint density at radius 3 is 1.87 bits per heavy atom. The first kappa shape index (κ1) is 31.5. The van der Waals surface area contributed by atoms with Gasteiger partial charge in [-0.05, 0) is 106 Å². The minimum absolute atomic E-state index is 0.840. The van der Waals surface area contributed by atoms with Crippen LogP contribution in [0.1, 0.15) is 12.7 Å². The number of rotatable bonds is 5. The molecule has 0 unspecified atom stereocenters. The molecule has 0 aliphatic heterocycles. The summed E-state index contributed by atoms with van der Waals surface area (Å²) in [4.78, 5) is 5.06. The van der Waals surface area contributed by atoms with Crippen LogP contribution in [-0.4, -0.2) is 9.55 Å². The van der Waals surface area contributed by atoms with Gasteiger partial charge in [-0.2, -0.15) is 0 Å². The number of imidazole rings is 1. The molecule has 258 valence electrons. The van der Waals surface area contributed by atoms with Gasteiger partial charge in [-0.15, -0.1) is 0 Å². The highest BCUT2D eigenvalue weighted by Gasteiger charge is 2.22. The SMILES string of the molecule is CCc1nc2ccccc2n1-c1ccc(-c2c3ccccc3c(-c3cccc4ccc5ccccc5c34)c3ccc(-c4ccccc4)cc23)c2ccccc12. The molecule has 0 fully saturated rings. The lowest BCUT2D eigenvalue weighted by Gasteiger charge is -2.22. The van der Waals surface area contributed by atoms with Gasteiger partial charge < -0.3 is 0 Å². The molecule has 0 radical (unpaired) electrons. The largest absolute Gasteiger partial charge is 0.296 e. The zero-order valence-corrected chi connectivity index (χ0v) is 30.5. The first-order chi connectivity index (χ1) is 27.3. The van der Waals surface area contributed by atoms with E-state index in [1.807, 2.05) is 0 Å². The second kappa shape index (κ2) is 12.5. The smallest absolute Gasteiger partial charge is 0.114 e. The van der Waals surface area contributed by atoms with Crippen molar-refractivity contribution in [2.24, 2.45) is 0 Å². The van der Waals surface area contributed by atoms with Crippen LogP contribution in [0.25, 0.3) is 104 Å². The van der Waals surface area contributed by atoms with Crippen molar-refractivity contribution in [3.05, 3.63) is 194 Å². The van der Waals surface area contributed by atoms with E-state index >= 15 is 0 Å². The summed E-state index contributed by atoms with van der Waals surface area (Å²) in [5.41, 5.74) is 10.7. The standard InChI is InChI=1S/C53H36N2/c1-2-50-54-47-25-12-13-26-49(47)55(50)48-32-31-43(39-20-8-9-21-40(39)48)53-42-23-11-10-22-41(42)52(44-30-29-37(33-46(44)53)34-15-4-3-5-16-34)45-24-14-18-36-28-27-35-17-6-7-19-38(35)51(36)45/h3-33H,2H2,1H3. The van der Waals surface area contributed by atoms with Gasteiger partial charge >= 0.3 is 0 Å². The Morgan fingerprint density at radius 2 is 1.05 bits per heavy atom. The Bertz CT molecular complexity index is 3300. The van der Waals surface area contributed by atoms with E-state index in [0.29, 0.717) is 0 Å². The fourth-order valence-electron chi connectivity index (χ4n) is 9.11. The van der Waals surface area contributed by atoms with Crippen LogP contribution in [0.5, 0.6) is 0 Å². The predicted octanol–water partition coefficient (Wildman–Crippen LogP) is 14.4. The second-order valence-electron chi connectivity index (χ2n) is 14.5. The average molecular weight is 701 g/mol. The Labute approximate surface area is 319 Å². The van der Waals surface area contributed by atoms with Crippen LogP contribution in [0, 0.1) is 0 Å². The summed E-state index contributed by atoms with van der Waals surface area (Å²) >= 11 is 0. The minimum atomic E-state index is 0.840. The highest BCUT2D eigenvalue weighted by atomic mass is 15.1. The van der Waals surface area contributed by atoms with Gasteiger partial charge in [0.2, 0.25) is 0 Å². The summed E-state index contributed by atoms with van der Waals surface area (Å²) in [6.07, 6.45) is 0.840.